The Hall–Kier alpha value is -2.29. The van der Waals surface area contributed by atoms with E-state index in [4.69, 9.17) is 21.1 Å². The zero-order valence-electron chi connectivity index (χ0n) is 17.8. The van der Waals surface area contributed by atoms with Gasteiger partial charge in [-0.3, -0.25) is 4.79 Å². The fourth-order valence-corrected chi connectivity index (χ4v) is 5.44. The normalized spacial score (nSPS) is 16.5. The van der Waals surface area contributed by atoms with Crippen molar-refractivity contribution in [3.63, 3.8) is 0 Å². The summed E-state index contributed by atoms with van der Waals surface area (Å²) in [5.41, 5.74) is 0.977. The summed E-state index contributed by atoms with van der Waals surface area (Å²) >= 11 is 6.09. The first-order chi connectivity index (χ1) is 14.8. The molecule has 1 aliphatic heterocycles. The molecule has 1 atom stereocenters. The first kappa shape index (κ1) is 23.4. The van der Waals surface area contributed by atoms with Crippen LogP contribution >= 0.6 is 11.6 Å². The number of carbonyl (C=O) groups excluding carboxylic acids is 1. The SMILES string of the molecule is COc1ccc([C@@H](C)NC(=O)C2CCN(S(=O)(=O)c3ccc(OC)c(Cl)c3)CC2)cc1. The van der Waals surface area contributed by atoms with Crippen molar-refractivity contribution < 1.29 is 22.7 Å². The highest BCUT2D eigenvalue weighted by atomic mass is 35.5. The van der Waals surface area contributed by atoms with Gasteiger partial charge >= 0.3 is 0 Å². The lowest BCUT2D eigenvalue weighted by Crippen LogP contribution is -2.43. The minimum Gasteiger partial charge on any atom is -0.497 e. The molecule has 0 saturated carbocycles. The van der Waals surface area contributed by atoms with Gasteiger partial charge in [-0.25, -0.2) is 8.42 Å². The van der Waals surface area contributed by atoms with Crippen LogP contribution < -0.4 is 14.8 Å². The number of sulfonamides is 1. The number of ether oxygens (including phenoxy) is 2. The van der Waals surface area contributed by atoms with Crippen LogP contribution in [-0.4, -0.2) is 45.9 Å². The van der Waals surface area contributed by atoms with Crippen molar-refractivity contribution >= 4 is 27.5 Å². The standard InChI is InChI=1S/C22H27ClN2O5S/c1-15(16-4-6-18(29-2)7-5-16)24-22(26)17-10-12-25(13-11-17)31(27,28)19-8-9-21(30-3)20(23)14-19/h4-9,14-15,17H,10-13H2,1-3H3,(H,24,26)/t15-/m1/s1. The van der Waals surface area contributed by atoms with Crippen molar-refractivity contribution in [1.29, 1.82) is 0 Å². The number of methoxy groups -OCH3 is 2. The number of hydrogen-bond donors (Lipinski definition) is 1. The van der Waals surface area contributed by atoms with E-state index in [0.717, 1.165) is 11.3 Å². The summed E-state index contributed by atoms with van der Waals surface area (Å²) in [4.78, 5) is 12.8. The molecule has 0 radical (unpaired) electrons. The van der Waals surface area contributed by atoms with Crippen LogP contribution in [0.15, 0.2) is 47.4 Å². The third kappa shape index (κ3) is 5.31. The van der Waals surface area contributed by atoms with Gasteiger partial charge < -0.3 is 14.8 Å². The molecule has 2 aromatic rings. The van der Waals surface area contributed by atoms with E-state index in [0.29, 0.717) is 18.6 Å². The first-order valence-corrected chi connectivity index (χ1v) is 11.9. The lowest BCUT2D eigenvalue weighted by atomic mass is 9.96. The van der Waals surface area contributed by atoms with Gasteiger partial charge in [0.2, 0.25) is 15.9 Å². The lowest BCUT2D eigenvalue weighted by molar-refractivity contribution is -0.126. The zero-order valence-corrected chi connectivity index (χ0v) is 19.4. The van der Waals surface area contributed by atoms with Gasteiger partial charge in [0.25, 0.3) is 0 Å². The molecule has 0 bridgehead atoms. The zero-order chi connectivity index (χ0) is 22.6. The van der Waals surface area contributed by atoms with E-state index < -0.39 is 10.0 Å². The Bertz CT molecular complexity index is 1020. The highest BCUT2D eigenvalue weighted by Crippen LogP contribution is 2.30. The second-order valence-corrected chi connectivity index (χ2v) is 9.82. The quantitative estimate of drug-likeness (QED) is 0.673. The molecule has 2 aromatic carbocycles. The lowest BCUT2D eigenvalue weighted by Gasteiger charge is -2.31. The van der Waals surface area contributed by atoms with Crippen molar-refractivity contribution in [3.05, 3.63) is 53.1 Å². The van der Waals surface area contributed by atoms with E-state index >= 15 is 0 Å². The topological polar surface area (TPSA) is 84.9 Å². The molecule has 1 fully saturated rings. The van der Waals surface area contributed by atoms with Crippen LogP contribution in [0, 0.1) is 5.92 Å². The molecular weight excluding hydrogens is 440 g/mol. The summed E-state index contributed by atoms with van der Waals surface area (Å²) in [5, 5.41) is 3.27. The fourth-order valence-electron chi connectivity index (χ4n) is 3.62. The Morgan fingerprint density at radius 1 is 1.10 bits per heavy atom. The number of halogens is 1. The minimum absolute atomic E-state index is 0.0622. The van der Waals surface area contributed by atoms with Crippen molar-refractivity contribution in [2.75, 3.05) is 27.3 Å². The largest absolute Gasteiger partial charge is 0.497 e. The minimum atomic E-state index is -3.68. The smallest absolute Gasteiger partial charge is 0.243 e. The van der Waals surface area contributed by atoms with Crippen LogP contribution in [0.3, 0.4) is 0 Å². The first-order valence-electron chi connectivity index (χ1n) is 10.0. The molecule has 1 N–H and O–H groups in total. The average molecular weight is 467 g/mol. The van der Waals surface area contributed by atoms with Crippen LogP contribution in [0.1, 0.15) is 31.4 Å². The molecule has 3 rings (SSSR count). The Kier molecular flexibility index (Phi) is 7.46. The van der Waals surface area contributed by atoms with E-state index in [2.05, 4.69) is 5.32 Å². The Labute approximate surface area is 188 Å². The van der Waals surface area contributed by atoms with Gasteiger partial charge in [0.15, 0.2) is 0 Å². The van der Waals surface area contributed by atoms with E-state index in [-0.39, 0.29) is 40.9 Å². The molecule has 0 unspecified atom stereocenters. The predicted octanol–water partition coefficient (Wildman–Crippen LogP) is 3.64. The van der Waals surface area contributed by atoms with Crippen LogP contribution in [-0.2, 0) is 14.8 Å². The number of nitrogens with one attached hydrogen (secondary N) is 1. The number of carbonyl (C=O) groups is 1. The summed E-state index contributed by atoms with van der Waals surface area (Å²) in [6.45, 7) is 2.48. The van der Waals surface area contributed by atoms with Crippen molar-refractivity contribution in [3.8, 4) is 11.5 Å². The summed E-state index contributed by atoms with van der Waals surface area (Å²) < 4.78 is 37.5. The summed E-state index contributed by atoms with van der Waals surface area (Å²) in [6, 6.07) is 11.8. The summed E-state index contributed by atoms with van der Waals surface area (Å²) in [7, 11) is -0.601. The number of amides is 1. The summed E-state index contributed by atoms with van der Waals surface area (Å²) in [5.74, 6) is 0.885. The van der Waals surface area contributed by atoms with E-state index in [1.807, 2.05) is 31.2 Å². The van der Waals surface area contributed by atoms with Gasteiger partial charge in [0.1, 0.15) is 11.5 Å². The molecular formula is C22H27ClN2O5S. The van der Waals surface area contributed by atoms with Gasteiger partial charge in [0, 0.05) is 19.0 Å². The summed E-state index contributed by atoms with van der Waals surface area (Å²) in [6.07, 6.45) is 0.925. The maximum atomic E-state index is 12.9. The highest BCUT2D eigenvalue weighted by Gasteiger charge is 2.32. The van der Waals surface area contributed by atoms with Gasteiger partial charge in [-0.1, -0.05) is 23.7 Å². The molecule has 0 aromatic heterocycles. The van der Waals surface area contributed by atoms with Gasteiger partial charge in [-0.15, -0.1) is 0 Å². The second-order valence-electron chi connectivity index (χ2n) is 7.48. The molecule has 0 aliphatic carbocycles. The maximum absolute atomic E-state index is 12.9. The van der Waals surface area contributed by atoms with Gasteiger partial charge in [-0.05, 0) is 55.7 Å². The van der Waals surface area contributed by atoms with E-state index in [1.54, 1.807) is 7.11 Å². The van der Waals surface area contributed by atoms with Crippen LogP contribution in [0.5, 0.6) is 11.5 Å². The number of benzene rings is 2. The number of nitrogens with zero attached hydrogens (tertiary/aromatic N) is 1. The predicted molar refractivity (Wildman–Crippen MR) is 119 cm³/mol. The molecule has 31 heavy (non-hydrogen) atoms. The molecule has 168 valence electrons. The van der Waals surface area contributed by atoms with Crippen molar-refractivity contribution in [2.45, 2.75) is 30.7 Å². The number of rotatable bonds is 7. The average Bonchev–Trinajstić information content (AvgIpc) is 2.79. The Morgan fingerprint density at radius 3 is 2.29 bits per heavy atom. The van der Waals surface area contributed by atoms with Crippen molar-refractivity contribution in [2.24, 2.45) is 5.92 Å². The van der Waals surface area contributed by atoms with E-state index in [1.165, 1.54) is 29.6 Å². The molecule has 1 saturated heterocycles. The third-order valence-electron chi connectivity index (χ3n) is 5.56. The van der Waals surface area contributed by atoms with Crippen LogP contribution in [0.4, 0.5) is 0 Å². The number of hydrogen-bond acceptors (Lipinski definition) is 5. The molecule has 1 amide bonds. The van der Waals surface area contributed by atoms with Gasteiger partial charge in [-0.2, -0.15) is 4.31 Å². The fraction of sp³-hybridized carbons (Fsp3) is 0.409. The highest BCUT2D eigenvalue weighted by molar-refractivity contribution is 7.89. The molecule has 1 aliphatic rings. The molecule has 9 heteroatoms. The van der Waals surface area contributed by atoms with Crippen molar-refractivity contribution in [1.82, 2.24) is 9.62 Å². The second kappa shape index (κ2) is 9.89. The Balaban J connectivity index is 1.59. The Morgan fingerprint density at radius 2 is 1.74 bits per heavy atom. The van der Waals surface area contributed by atoms with E-state index in [9.17, 15) is 13.2 Å². The molecule has 0 spiro atoms. The maximum Gasteiger partial charge on any atom is 0.243 e. The number of piperidine rings is 1. The monoisotopic (exact) mass is 466 g/mol. The van der Waals surface area contributed by atoms with Crippen LogP contribution in [0.2, 0.25) is 5.02 Å². The molecule has 1 heterocycles. The van der Waals surface area contributed by atoms with Gasteiger partial charge in [0.05, 0.1) is 30.2 Å². The third-order valence-corrected chi connectivity index (χ3v) is 7.75. The van der Waals surface area contributed by atoms with Crippen LogP contribution in [0.25, 0.3) is 0 Å². The molecule has 7 nitrogen and oxygen atoms in total.